The first-order valence-corrected chi connectivity index (χ1v) is 11.2. The van der Waals surface area contributed by atoms with Gasteiger partial charge < -0.3 is 14.2 Å². The topological polar surface area (TPSA) is 49.6 Å². The number of hydrogen-bond acceptors (Lipinski definition) is 4. The maximum Gasteiger partial charge on any atom is 0.298 e. The average Bonchev–Trinajstić information content (AvgIpc) is 3.49. The fourth-order valence-electron chi connectivity index (χ4n) is 4.06. The van der Waals surface area contributed by atoms with E-state index in [1.807, 2.05) is 41.3 Å². The van der Waals surface area contributed by atoms with E-state index >= 15 is 0 Å². The number of benzene rings is 2. The second-order valence-electron chi connectivity index (χ2n) is 8.24. The molecule has 2 aromatic carbocycles. The summed E-state index contributed by atoms with van der Waals surface area (Å²) in [7, 11) is 0. The van der Waals surface area contributed by atoms with Crippen LogP contribution in [0.15, 0.2) is 46.9 Å². The van der Waals surface area contributed by atoms with Crippen LogP contribution in [0.5, 0.6) is 0 Å². The number of piperidine rings is 1. The normalized spacial score (nSPS) is 17.5. The summed E-state index contributed by atoms with van der Waals surface area (Å²) in [6, 6.07) is 13.7. The second-order valence-corrected chi connectivity index (χ2v) is 9.11. The number of oxazole rings is 1. The van der Waals surface area contributed by atoms with E-state index < -0.39 is 0 Å². The first-order valence-electron chi connectivity index (χ1n) is 10.4. The molecule has 0 spiro atoms. The zero-order chi connectivity index (χ0) is 20.7. The maximum absolute atomic E-state index is 13.4. The lowest BCUT2D eigenvalue weighted by Crippen LogP contribution is -2.43. The number of aromatic nitrogens is 1. The minimum Gasteiger partial charge on any atom is -0.423 e. The van der Waals surface area contributed by atoms with Gasteiger partial charge in [0.15, 0.2) is 5.58 Å². The van der Waals surface area contributed by atoms with Crippen LogP contribution in [0.1, 0.15) is 25.7 Å². The van der Waals surface area contributed by atoms with Gasteiger partial charge in [0.2, 0.25) is 5.91 Å². The number of hydrogen-bond donors (Lipinski definition) is 0. The van der Waals surface area contributed by atoms with Crippen molar-refractivity contribution in [2.45, 2.75) is 25.7 Å². The summed E-state index contributed by atoms with van der Waals surface area (Å²) in [4.78, 5) is 22.1. The van der Waals surface area contributed by atoms with Crippen molar-refractivity contribution in [3.63, 3.8) is 0 Å². The first-order chi connectivity index (χ1) is 14.6. The van der Waals surface area contributed by atoms with Crippen LogP contribution in [0.4, 0.5) is 11.7 Å². The Morgan fingerprint density at radius 2 is 1.73 bits per heavy atom. The number of rotatable bonds is 5. The van der Waals surface area contributed by atoms with Crippen LogP contribution in [-0.4, -0.2) is 30.5 Å². The third-order valence-electron chi connectivity index (χ3n) is 6.00. The molecule has 0 N–H and O–H groups in total. The molecule has 5 rings (SSSR count). The van der Waals surface area contributed by atoms with E-state index in [4.69, 9.17) is 27.6 Å². The maximum atomic E-state index is 13.4. The molecule has 1 saturated carbocycles. The minimum absolute atomic E-state index is 0.00880. The minimum atomic E-state index is 0.00880. The predicted octanol–water partition coefficient (Wildman–Crippen LogP) is 5.79. The van der Waals surface area contributed by atoms with E-state index in [2.05, 4.69) is 9.88 Å². The highest BCUT2D eigenvalue weighted by Crippen LogP contribution is 2.34. The molecule has 2 fully saturated rings. The van der Waals surface area contributed by atoms with Gasteiger partial charge in [-0.2, -0.15) is 4.98 Å². The van der Waals surface area contributed by atoms with E-state index in [1.165, 1.54) is 12.8 Å². The van der Waals surface area contributed by atoms with Gasteiger partial charge in [0.1, 0.15) is 5.52 Å². The van der Waals surface area contributed by atoms with E-state index in [1.54, 1.807) is 6.07 Å². The molecule has 1 aromatic heterocycles. The van der Waals surface area contributed by atoms with Gasteiger partial charge in [-0.05, 0) is 68.0 Å². The summed E-state index contributed by atoms with van der Waals surface area (Å²) in [6.07, 6.45) is 3.98. The Bertz CT molecular complexity index is 1050. The summed E-state index contributed by atoms with van der Waals surface area (Å²) in [5, 5.41) is 1.32. The molecule has 2 aliphatic rings. The van der Waals surface area contributed by atoms with Crippen LogP contribution in [0, 0.1) is 11.8 Å². The van der Waals surface area contributed by atoms with Crippen molar-refractivity contribution in [1.29, 1.82) is 0 Å². The number of carbonyl (C=O) groups is 1. The van der Waals surface area contributed by atoms with Crippen molar-refractivity contribution in [3.05, 3.63) is 52.5 Å². The Hall–Kier alpha value is -2.24. The van der Waals surface area contributed by atoms with Gasteiger partial charge in [0.25, 0.3) is 6.01 Å². The average molecular weight is 444 g/mol. The number of anilines is 2. The summed E-state index contributed by atoms with van der Waals surface area (Å²) < 4.78 is 5.90. The molecule has 0 bridgehead atoms. The molecule has 30 heavy (non-hydrogen) atoms. The molecule has 1 amide bonds. The van der Waals surface area contributed by atoms with Gasteiger partial charge in [-0.1, -0.05) is 23.2 Å². The zero-order valence-electron chi connectivity index (χ0n) is 16.6. The lowest BCUT2D eigenvalue weighted by Gasteiger charge is -2.33. The quantitative estimate of drug-likeness (QED) is 0.500. The van der Waals surface area contributed by atoms with Crippen LogP contribution in [0.3, 0.4) is 0 Å². The Kier molecular flexibility index (Phi) is 5.34. The van der Waals surface area contributed by atoms with Crippen LogP contribution in [-0.2, 0) is 4.79 Å². The number of halogens is 2. The van der Waals surface area contributed by atoms with Gasteiger partial charge in [0.05, 0.1) is 0 Å². The number of carbonyl (C=O) groups excluding carboxylic acids is 1. The fourth-order valence-corrected chi connectivity index (χ4v) is 4.35. The lowest BCUT2D eigenvalue weighted by molar-refractivity contribution is -0.123. The Morgan fingerprint density at radius 3 is 2.43 bits per heavy atom. The van der Waals surface area contributed by atoms with Crippen molar-refractivity contribution >= 4 is 51.9 Å². The molecule has 156 valence electrons. The van der Waals surface area contributed by atoms with Crippen LogP contribution < -0.4 is 9.80 Å². The molecule has 1 aliphatic heterocycles. The lowest BCUT2D eigenvalue weighted by atomic mass is 9.95. The van der Waals surface area contributed by atoms with Gasteiger partial charge in [-0.25, -0.2) is 0 Å². The highest BCUT2D eigenvalue weighted by molar-refractivity contribution is 6.31. The van der Waals surface area contributed by atoms with Crippen LogP contribution in [0.2, 0.25) is 10.0 Å². The summed E-state index contributed by atoms with van der Waals surface area (Å²) in [6.45, 7) is 2.29. The molecule has 0 unspecified atom stereocenters. The molecule has 1 aliphatic carbocycles. The summed E-state index contributed by atoms with van der Waals surface area (Å²) in [5.41, 5.74) is 2.43. The third kappa shape index (κ3) is 4.14. The molecule has 1 saturated heterocycles. The number of amides is 1. The zero-order valence-corrected chi connectivity index (χ0v) is 18.1. The van der Waals surface area contributed by atoms with Crippen molar-refractivity contribution in [2.24, 2.45) is 11.8 Å². The Balaban J connectivity index is 1.28. The second kappa shape index (κ2) is 8.12. The van der Waals surface area contributed by atoms with Crippen LogP contribution in [0.25, 0.3) is 11.1 Å². The van der Waals surface area contributed by atoms with Crippen molar-refractivity contribution in [3.8, 4) is 0 Å². The molecule has 0 radical (unpaired) electrons. The number of fused-ring (bicyclic) bond motifs is 1. The number of nitrogens with zero attached hydrogens (tertiary/aromatic N) is 3. The van der Waals surface area contributed by atoms with E-state index in [0.29, 0.717) is 27.6 Å². The molecule has 7 heteroatoms. The van der Waals surface area contributed by atoms with Gasteiger partial charge >= 0.3 is 0 Å². The van der Waals surface area contributed by atoms with E-state index in [9.17, 15) is 4.79 Å². The highest BCUT2D eigenvalue weighted by Gasteiger charge is 2.34. The van der Waals surface area contributed by atoms with Gasteiger partial charge in [-0.15, -0.1) is 0 Å². The third-order valence-corrected chi connectivity index (χ3v) is 6.48. The molecule has 2 heterocycles. The largest absolute Gasteiger partial charge is 0.423 e. The van der Waals surface area contributed by atoms with Crippen molar-refractivity contribution in [1.82, 2.24) is 4.98 Å². The van der Waals surface area contributed by atoms with Crippen molar-refractivity contribution < 1.29 is 9.21 Å². The standard InChI is InChI=1S/C23H23Cl2N3O2/c24-17-3-6-19(7-4-17)28(14-15-1-2-15)22(29)16-9-11-27(12-10-16)23-26-20-8-5-18(25)13-21(20)30-23/h3-8,13,15-16H,1-2,9-12,14H2. The Labute approximate surface area is 185 Å². The van der Waals surface area contributed by atoms with E-state index in [0.717, 1.165) is 43.7 Å². The monoisotopic (exact) mass is 443 g/mol. The Morgan fingerprint density at radius 1 is 1.03 bits per heavy atom. The SMILES string of the molecule is O=C(C1CCN(c2nc3ccc(Cl)cc3o2)CC1)N(CC1CC1)c1ccc(Cl)cc1. The fraction of sp³-hybridized carbons (Fsp3) is 0.391. The molecular weight excluding hydrogens is 421 g/mol. The van der Waals surface area contributed by atoms with Crippen molar-refractivity contribution in [2.75, 3.05) is 29.4 Å². The van der Waals surface area contributed by atoms with Gasteiger partial charge in [0, 0.05) is 47.4 Å². The molecule has 3 aromatic rings. The predicted molar refractivity (Wildman–Crippen MR) is 120 cm³/mol. The highest BCUT2D eigenvalue weighted by atomic mass is 35.5. The van der Waals surface area contributed by atoms with Gasteiger partial charge in [-0.3, -0.25) is 4.79 Å². The molecular formula is C23H23Cl2N3O2. The first kappa shape index (κ1) is 19.7. The summed E-state index contributed by atoms with van der Waals surface area (Å²) in [5.74, 6) is 0.846. The van der Waals surface area contributed by atoms with E-state index in [-0.39, 0.29) is 11.8 Å². The molecule has 0 atom stereocenters. The molecule has 5 nitrogen and oxygen atoms in total. The van der Waals surface area contributed by atoms with Crippen LogP contribution >= 0.6 is 23.2 Å². The smallest absolute Gasteiger partial charge is 0.298 e. The summed E-state index contributed by atoms with van der Waals surface area (Å²) >= 11 is 12.1.